The number of piperidine rings is 2. The smallest absolute Gasteiger partial charge is 0.330 e. The molecule has 334 valence electrons. The number of urea groups is 1. The number of aromatic nitrogens is 6. The van der Waals surface area contributed by atoms with Gasteiger partial charge in [-0.15, -0.1) is 0 Å². The van der Waals surface area contributed by atoms with Crippen LogP contribution in [0, 0.1) is 0 Å². The fraction of sp³-hybridized carbons (Fsp3) is 0.333. The van der Waals surface area contributed by atoms with Crippen LogP contribution in [0.5, 0.6) is 0 Å². The number of carbonyl (C=O) groups is 1. The maximum absolute atomic E-state index is 13.0. The average Bonchev–Trinajstić information content (AvgIpc) is 3.80. The van der Waals surface area contributed by atoms with E-state index in [0.29, 0.717) is 18.7 Å². The van der Waals surface area contributed by atoms with Crippen molar-refractivity contribution in [3.63, 3.8) is 0 Å². The molecule has 0 aliphatic carbocycles. The number of aromatic amines is 1. The Morgan fingerprint density at radius 3 is 1.85 bits per heavy atom. The highest BCUT2D eigenvalue weighted by Gasteiger charge is 2.28. The van der Waals surface area contributed by atoms with E-state index in [1.54, 1.807) is 15.3 Å². The first kappa shape index (κ1) is 44.5. The van der Waals surface area contributed by atoms with E-state index in [1.807, 2.05) is 74.7 Å². The Morgan fingerprint density at radius 1 is 0.723 bits per heavy atom. The third-order valence-electron chi connectivity index (χ3n) is 12.2. The number of amides is 2. The average molecular weight is 873 g/mol. The predicted molar refractivity (Wildman–Crippen MR) is 259 cm³/mol. The molecule has 2 saturated heterocycles. The first-order chi connectivity index (χ1) is 31.5. The van der Waals surface area contributed by atoms with Gasteiger partial charge in [-0.3, -0.25) is 13.7 Å². The number of aryl methyl sites for hydroxylation is 1. The normalized spacial score (nSPS) is 14.6. The van der Waals surface area contributed by atoms with Crippen LogP contribution in [0.2, 0.25) is 0 Å². The van der Waals surface area contributed by atoms with Gasteiger partial charge in [0.25, 0.3) is 0 Å². The van der Waals surface area contributed by atoms with E-state index in [1.165, 1.54) is 22.2 Å². The third-order valence-corrected chi connectivity index (χ3v) is 12.2. The molecule has 10 rings (SSSR count). The van der Waals surface area contributed by atoms with E-state index < -0.39 is 0 Å². The molecule has 2 fully saturated rings. The minimum absolute atomic E-state index is 0.0127. The summed E-state index contributed by atoms with van der Waals surface area (Å²) in [6, 6.07) is 33.7. The number of fused-ring (bicyclic) bond motifs is 4. The van der Waals surface area contributed by atoms with Crippen LogP contribution in [0.15, 0.2) is 124 Å². The van der Waals surface area contributed by atoms with Crippen LogP contribution in [-0.4, -0.2) is 83.9 Å². The van der Waals surface area contributed by atoms with E-state index >= 15 is 0 Å². The maximum Gasteiger partial charge on any atom is 0.330 e. The zero-order valence-electron chi connectivity index (χ0n) is 37.6. The molecule has 6 heterocycles. The van der Waals surface area contributed by atoms with Gasteiger partial charge in [-0.1, -0.05) is 72.8 Å². The molecule has 0 spiro atoms. The van der Waals surface area contributed by atoms with Crippen molar-refractivity contribution in [2.75, 3.05) is 26.2 Å². The van der Waals surface area contributed by atoms with Crippen molar-refractivity contribution in [1.82, 2.24) is 44.2 Å². The number of isocyanates is 1. The zero-order valence-corrected chi connectivity index (χ0v) is 37.6. The van der Waals surface area contributed by atoms with Crippen molar-refractivity contribution < 1.29 is 9.59 Å². The van der Waals surface area contributed by atoms with E-state index in [-0.39, 0.29) is 41.6 Å². The highest BCUT2D eigenvalue weighted by molar-refractivity contribution is 5.96. The molecule has 4 aromatic heterocycles. The fourth-order valence-electron chi connectivity index (χ4n) is 9.01. The summed E-state index contributed by atoms with van der Waals surface area (Å²) in [5.74, 6) is 0. The molecule has 2 aliphatic heterocycles. The predicted octanol–water partition coefficient (Wildman–Crippen LogP) is 8.51. The quantitative estimate of drug-likeness (QED) is 0.111. The van der Waals surface area contributed by atoms with Crippen LogP contribution in [0.4, 0.5) is 4.79 Å². The van der Waals surface area contributed by atoms with Crippen LogP contribution in [-0.2, 0) is 11.8 Å². The Bertz CT molecular complexity index is 3140. The van der Waals surface area contributed by atoms with Gasteiger partial charge in [0.1, 0.15) is 0 Å². The van der Waals surface area contributed by atoms with Gasteiger partial charge < -0.3 is 20.5 Å². The summed E-state index contributed by atoms with van der Waals surface area (Å²) in [4.78, 5) is 65.0. The lowest BCUT2D eigenvalue weighted by Crippen LogP contribution is -2.47. The molecule has 0 saturated carbocycles. The lowest BCUT2D eigenvalue weighted by Gasteiger charge is -2.32. The Balaban J connectivity index is 0.000000159. The highest BCUT2D eigenvalue weighted by atomic mass is 16.2. The summed E-state index contributed by atoms with van der Waals surface area (Å²) in [6.45, 7) is 10.7. The number of imidazole rings is 2. The molecule has 65 heavy (non-hydrogen) atoms. The third kappa shape index (κ3) is 9.55. The van der Waals surface area contributed by atoms with Crippen LogP contribution < -0.4 is 22.0 Å². The molecule has 14 nitrogen and oxygen atoms in total. The van der Waals surface area contributed by atoms with Gasteiger partial charge >= 0.3 is 17.4 Å². The number of carbonyl (C=O) groups excluding carboxylic acids is 2. The highest BCUT2D eigenvalue weighted by Crippen LogP contribution is 2.33. The molecule has 0 bridgehead atoms. The van der Waals surface area contributed by atoms with Crippen LogP contribution in [0.3, 0.4) is 0 Å². The molecule has 0 unspecified atom stereocenters. The van der Waals surface area contributed by atoms with Crippen LogP contribution >= 0.6 is 0 Å². The van der Waals surface area contributed by atoms with Crippen molar-refractivity contribution in [3.05, 3.63) is 130 Å². The number of aliphatic imine (C=N–C) groups is 1. The van der Waals surface area contributed by atoms with Crippen molar-refractivity contribution in [1.29, 1.82) is 0 Å². The summed E-state index contributed by atoms with van der Waals surface area (Å²) >= 11 is 0. The number of H-pyrrole nitrogens is 1. The number of pyridine rings is 2. The zero-order chi connectivity index (χ0) is 45.6. The fourth-order valence-corrected chi connectivity index (χ4v) is 9.01. The van der Waals surface area contributed by atoms with Crippen molar-refractivity contribution >= 4 is 56.0 Å². The number of hydrogen-bond acceptors (Lipinski definition) is 8. The van der Waals surface area contributed by atoms with Crippen LogP contribution in [0.1, 0.15) is 65.5 Å². The van der Waals surface area contributed by atoms with Crippen molar-refractivity contribution in [2.24, 2.45) is 12.0 Å². The summed E-state index contributed by atoms with van der Waals surface area (Å²) in [5, 5.41) is 11.1. The standard InChI is InChI=1S/C25H27N5O2.C22H22N4O.C4H7NO/c1-16(2)27-24(31)29-13-10-20(11-14-29)30-23-22(28-25(30)32)21(9-12-26-23)19-8-7-17-5-3-4-6-18(17)15-19;1-25-20-19(17-7-6-15-4-2-3-5-16(15)14-17)10-13-24-21(20)26(22(25)27)18-8-11-23-12-9-18;1-4(2)5-3-6/h3-9,12,15-16,20H,10-11,13-14H2,1-2H3,(H,27,31)(H,28,32);2-7,10,13-14,18,23H,8-9,11-12H2,1H3;4H,1-2H3. The lowest BCUT2D eigenvalue weighted by atomic mass is 10.0. The molecule has 0 atom stereocenters. The minimum Gasteiger partial charge on any atom is -0.336 e. The second kappa shape index (κ2) is 19.7. The van der Waals surface area contributed by atoms with E-state index in [4.69, 9.17) is 0 Å². The van der Waals surface area contributed by atoms with Gasteiger partial charge in [0.05, 0.1) is 17.1 Å². The SMILES string of the molecule is CC(C)N=C=O.CC(C)NC(=O)N1CCC(n2c(=O)[nH]c3c(-c4ccc5ccccc5c4)ccnc32)CC1.Cn1c(=O)n(C2CCNCC2)c2nccc(-c3ccc4ccccc4c3)c21. The number of rotatable bonds is 6. The first-order valence-electron chi connectivity index (χ1n) is 22.5. The number of nitrogens with zero attached hydrogens (tertiary/aromatic N) is 7. The number of nitrogens with one attached hydrogen (secondary N) is 3. The molecule has 2 aliphatic rings. The minimum atomic E-state index is -0.147. The van der Waals surface area contributed by atoms with Gasteiger partial charge in [0.15, 0.2) is 11.3 Å². The number of hydrogen-bond donors (Lipinski definition) is 3. The molecule has 2 amide bonds. The maximum atomic E-state index is 13.0. The monoisotopic (exact) mass is 872 g/mol. The summed E-state index contributed by atoms with van der Waals surface area (Å²) in [6.07, 6.45) is 8.39. The number of likely N-dealkylation sites (tertiary alicyclic amines) is 1. The summed E-state index contributed by atoms with van der Waals surface area (Å²) in [5.41, 5.74) is 7.19. The van der Waals surface area contributed by atoms with Crippen LogP contribution in [0.25, 0.3) is 66.1 Å². The van der Waals surface area contributed by atoms with Gasteiger partial charge in [-0.05, 0) is 123 Å². The van der Waals surface area contributed by atoms with E-state index in [2.05, 4.69) is 103 Å². The molecule has 0 radical (unpaired) electrons. The Labute approximate surface area is 377 Å². The molecule has 3 N–H and O–H groups in total. The Morgan fingerprint density at radius 2 is 1.28 bits per heavy atom. The Kier molecular flexibility index (Phi) is 13.5. The number of benzene rings is 4. The largest absolute Gasteiger partial charge is 0.336 e. The summed E-state index contributed by atoms with van der Waals surface area (Å²) < 4.78 is 5.44. The molecule has 4 aromatic carbocycles. The molecule has 8 aromatic rings. The molecular weight excluding hydrogens is 817 g/mol. The second-order valence-corrected chi connectivity index (χ2v) is 17.3. The Hall–Kier alpha value is -7.15. The molecule has 14 heteroatoms. The van der Waals surface area contributed by atoms with Gasteiger partial charge in [0, 0.05) is 61.8 Å². The van der Waals surface area contributed by atoms with E-state index in [0.717, 1.165) is 83.1 Å². The van der Waals surface area contributed by atoms with E-state index in [9.17, 15) is 19.2 Å². The summed E-state index contributed by atoms with van der Waals surface area (Å²) in [7, 11) is 1.86. The second-order valence-electron chi connectivity index (χ2n) is 17.3. The van der Waals surface area contributed by atoms with Gasteiger partial charge in [-0.2, -0.15) is 0 Å². The molecular formula is C51H56N10O4. The van der Waals surface area contributed by atoms with Crippen molar-refractivity contribution in [3.8, 4) is 22.3 Å². The lowest BCUT2D eigenvalue weighted by molar-refractivity contribution is 0.169. The van der Waals surface area contributed by atoms with Gasteiger partial charge in [-0.25, -0.2) is 34.1 Å². The topological polar surface area (TPSA) is 164 Å². The first-order valence-corrected chi connectivity index (χ1v) is 22.5. The van der Waals surface area contributed by atoms with Gasteiger partial charge in [0.2, 0.25) is 6.08 Å². The van der Waals surface area contributed by atoms with Crippen molar-refractivity contribution in [2.45, 2.75) is 77.5 Å².